The third-order valence-corrected chi connectivity index (χ3v) is 4.85. The summed E-state index contributed by atoms with van der Waals surface area (Å²) in [6.45, 7) is 3.44. The molecule has 0 aliphatic heterocycles. The summed E-state index contributed by atoms with van der Waals surface area (Å²) < 4.78 is 25.1. The highest BCUT2D eigenvalue weighted by Gasteiger charge is 2.04. The van der Waals surface area contributed by atoms with E-state index in [0.29, 0.717) is 25.5 Å². The molecule has 0 aliphatic carbocycles. The first-order valence-corrected chi connectivity index (χ1v) is 9.66. The second-order valence-corrected chi connectivity index (χ2v) is 7.49. The second-order valence-electron chi connectivity index (χ2n) is 4.95. The summed E-state index contributed by atoms with van der Waals surface area (Å²) in [5.74, 6) is 0.811. The third-order valence-electron chi connectivity index (χ3n) is 3.19. The number of rotatable bonds is 9. The minimum atomic E-state index is -3.11. The van der Waals surface area contributed by atoms with Gasteiger partial charge in [-0.25, -0.2) is 13.1 Å². The summed E-state index contributed by atoms with van der Waals surface area (Å²) in [5, 5.41) is 7.10. The molecule has 0 bridgehead atoms. The lowest BCUT2D eigenvalue weighted by atomic mass is 10.1. The van der Waals surface area contributed by atoms with E-state index in [2.05, 4.69) is 20.3 Å². The number of nitrogens with zero attached hydrogens (tertiary/aromatic N) is 1. The molecular formula is C15H26ClIN4O2S. The molecule has 0 unspecified atom stereocenters. The molecule has 0 saturated carbocycles. The molecule has 0 heterocycles. The van der Waals surface area contributed by atoms with Gasteiger partial charge in [-0.2, -0.15) is 0 Å². The van der Waals surface area contributed by atoms with E-state index in [1.165, 1.54) is 5.56 Å². The van der Waals surface area contributed by atoms with E-state index in [9.17, 15) is 8.42 Å². The van der Waals surface area contributed by atoms with Crippen LogP contribution in [0.25, 0.3) is 0 Å². The lowest BCUT2D eigenvalue weighted by Crippen LogP contribution is -2.39. The van der Waals surface area contributed by atoms with E-state index in [1.54, 1.807) is 14.0 Å². The van der Waals surface area contributed by atoms with Crippen LogP contribution in [0.2, 0.25) is 5.02 Å². The molecule has 1 aromatic rings. The highest BCUT2D eigenvalue weighted by molar-refractivity contribution is 14.0. The molecule has 0 radical (unpaired) electrons. The minimum absolute atomic E-state index is 0. The van der Waals surface area contributed by atoms with Crippen LogP contribution in [0.15, 0.2) is 29.3 Å². The van der Waals surface area contributed by atoms with E-state index in [1.807, 2.05) is 24.3 Å². The van der Waals surface area contributed by atoms with E-state index in [0.717, 1.165) is 18.0 Å². The van der Waals surface area contributed by atoms with Gasteiger partial charge in [-0.05, 0) is 37.5 Å². The first-order chi connectivity index (χ1) is 11.0. The average molecular weight is 489 g/mol. The smallest absolute Gasteiger partial charge is 0.211 e. The van der Waals surface area contributed by atoms with Crippen molar-refractivity contribution >= 4 is 51.6 Å². The van der Waals surface area contributed by atoms with E-state index in [-0.39, 0.29) is 29.7 Å². The highest BCUT2D eigenvalue weighted by atomic mass is 127. The summed E-state index contributed by atoms with van der Waals surface area (Å²) in [7, 11) is -1.40. The fourth-order valence-electron chi connectivity index (χ4n) is 1.82. The Balaban J connectivity index is 0.00000529. The minimum Gasteiger partial charge on any atom is -0.356 e. The van der Waals surface area contributed by atoms with Gasteiger partial charge in [0.25, 0.3) is 0 Å². The van der Waals surface area contributed by atoms with Crippen molar-refractivity contribution in [2.45, 2.75) is 19.8 Å². The molecule has 3 N–H and O–H groups in total. The molecule has 6 nitrogen and oxygen atoms in total. The summed E-state index contributed by atoms with van der Waals surface area (Å²) in [6, 6.07) is 7.75. The highest BCUT2D eigenvalue weighted by Crippen LogP contribution is 2.09. The maximum absolute atomic E-state index is 11.3. The summed E-state index contributed by atoms with van der Waals surface area (Å²) in [4.78, 5) is 4.13. The third kappa shape index (κ3) is 10.3. The van der Waals surface area contributed by atoms with Crippen LogP contribution < -0.4 is 15.4 Å². The van der Waals surface area contributed by atoms with Gasteiger partial charge in [-0.3, -0.25) is 4.99 Å². The molecule has 138 valence electrons. The molecule has 0 aromatic heterocycles. The second kappa shape index (κ2) is 12.7. The Kier molecular flexibility index (Phi) is 12.4. The molecular weight excluding hydrogens is 463 g/mol. The van der Waals surface area contributed by atoms with Crippen LogP contribution in [0.5, 0.6) is 0 Å². The monoisotopic (exact) mass is 488 g/mol. The molecule has 9 heteroatoms. The van der Waals surface area contributed by atoms with Crippen LogP contribution in [0.3, 0.4) is 0 Å². The molecule has 0 amide bonds. The van der Waals surface area contributed by atoms with E-state index >= 15 is 0 Å². The summed E-state index contributed by atoms with van der Waals surface area (Å²) >= 11 is 5.85. The van der Waals surface area contributed by atoms with Crippen molar-refractivity contribution in [2.24, 2.45) is 4.99 Å². The number of benzene rings is 1. The topological polar surface area (TPSA) is 82.6 Å². The van der Waals surface area contributed by atoms with Gasteiger partial charge in [0.2, 0.25) is 10.0 Å². The van der Waals surface area contributed by atoms with Crippen molar-refractivity contribution in [3.8, 4) is 0 Å². The number of aliphatic imine (C=N–C) groups is 1. The zero-order valence-corrected chi connectivity index (χ0v) is 17.9. The van der Waals surface area contributed by atoms with Crippen molar-refractivity contribution in [1.82, 2.24) is 15.4 Å². The lowest BCUT2D eigenvalue weighted by molar-refractivity contribution is 0.579. The molecule has 24 heavy (non-hydrogen) atoms. The maximum Gasteiger partial charge on any atom is 0.211 e. The fourth-order valence-corrected chi connectivity index (χ4v) is 2.61. The standard InChI is InChI=1S/C15H25ClN4O2S.HI/c1-3-23(21,22)20-11-4-10-18-15(17-2)19-12-9-13-5-7-14(16)8-6-13;/h5-8,20H,3-4,9-12H2,1-2H3,(H2,17,18,19);1H. The number of hydrogen-bond acceptors (Lipinski definition) is 3. The van der Waals surface area contributed by atoms with Crippen LogP contribution in [0.1, 0.15) is 18.9 Å². The first-order valence-electron chi connectivity index (χ1n) is 7.63. The van der Waals surface area contributed by atoms with Gasteiger partial charge < -0.3 is 10.6 Å². The predicted octanol–water partition coefficient (Wildman–Crippen LogP) is 1.99. The quantitative estimate of drug-likeness (QED) is 0.215. The molecule has 0 spiro atoms. The van der Waals surface area contributed by atoms with Crippen molar-refractivity contribution in [3.63, 3.8) is 0 Å². The SMILES string of the molecule is CCS(=O)(=O)NCCCNC(=NC)NCCc1ccc(Cl)cc1.I. The Morgan fingerprint density at radius 1 is 1.12 bits per heavy atom. The number of hydrogen-bond donors (Lipinski definition) is 3. The Morgan fingerprint density at radius 3 is 2.33 bits per heavy atom. The maximum atomic E-state index is 11.3. The Bertz CT molecular complexity index is 594. The van der Waals surface area contributed by atoms with Gasteiger partial charge in [0.1, 0.15) is 0 Å². The van der Waals surface area contributed by atoms with Crippen molar-refractivity contribution in [3.05, 3.63) is 34.9 Å². The van der Waals surface area contributed by atoms with Crippen LogP contribution in [-0.2, 0) is 16.4 Å². The van der Waals surface area contributed by atoms with Gasteiger partial charge in [0, 0.05) is 31.7 Å². The van der Waals surface area contributed by atoms with Gasteiger partial charge >= 0.3 is 0 Å². The van der Waals surface area contributed by atoms with Crippen molar-refractivity contribution in [1.29, 1.82) is 0 Å². The molecule has 0 aliphatic rings. The van der Waals surface area contributed by atoms with E-state index in [4.69, 9.17) is 11.6 Å². The largest absolute Gasteiger partial charge is 0.356 e. The van der Waals surface area contributed by atoms with Crippen LogP contribution in [0, 0.1) is 0 Å². The van der Waals surface area contributed by atoms with E-state index < -0.39 is 10.0 Å². The lowest BCUT2D eigenvalue weighted by Gasteiger charge is -2.12. The number of halogens is 2. The van der Waals surface area contributed by atoms with Gasteiger partial charge in [-0.1, -0.05) is 23.7 Å². The normalized spacial score (nSPS) is 11.7. The number of guanidine groups is 1. The molecule has 1 aromatic carbocycles. The number of sulfonamides is 1. The summed E-state index contributed by atoms with van der Waals surface area (Å²) in [5.41, 5.74) is 1.20. The van der Waals surface area contributed by atoms with Gasteiger partial charge in [-0.15, -0.1) is 24.0 Å². The van der Waals surface area contributed by atoms with Crippen LogP contribution >= 0.6 is 35.6 Å². The molecule has 0 fully saturated rings. The summed E-state index contributed by atoms with van der Waals surface area (Å²) in [6.07, 6.45) is 1.56. The van der Waals surface area contributed by atoms with Crippen LogP contribution in [0.4, 0.5) is 0 Å². The van der Waals surface area contributed by atoms with Gasteiger partial charge in [0.05, 0.1) is 5.75 Å². The Morgan fingerprint density at radius 2 is 1.75 bits per heavy atom. The molecule has 0 atom stereocenters. The molecule has 1 rings (SSSR count). The Hall–Kier alpha value is -0.580. The van der Waals surface area contributed by atoms with Gasteiger partial charge in [0.15, 0.2) is 5.96 Å². The Labute approximate surface area is 166 Å². The van der Waals surface area contributed by atoms with Crippen LogP contribution in [-0.4, -0.2) is 46.8 Å². The van der Waals surface area contributed by atoms with Crippen molar-refractivity contribution < 1.29 is 8.42 Å². The fraction of sp³-hybridized carbons (Fsp3) is 0.533. The van der Waals surface area contributed by atoms with Crippen molar-refractivity contribution in [2.75, 3.05) is 32.4 Å². The zero-order valence-electron chi connectivity index (χ0n) is 14.0. The first kappa shape index (κ1) is 23.4. The zero-order chi connectivity index (χ0) is 17.1. The average Bonchev–Trinajstić information content (AvgIpc) is 2.54. The molecule has 0 saturated heterocycles. The predicted molar refractivity (Wildman–Crippen MR) is 112 cm³/mol. The number of nitrogens with one attached hydrogen (secondary N) is 3.